The van der Waals surface area contributed by atoms with Gasteiger partial charge in [-0.2, -0.15) is 0 Å². The van der Waals surface area contributed by atoms with Crippen LogP contribution in [0.5, 0.6) is 0 Å². The number of thiophene rings is 1. The van der Waals surface area contributed by atoms with Gasteiger partial charge in [-0.25, -0.2) is 4.98 Å². The van der Waals surface area contributed by atoms with E-state index in [9.17, 15) is 4.79 Å². The van der Waals surface area contributed by atoms with Gasteiger partial charge in [0.2, 0.25) is 0 Å². The number of ether oxygens (including phenoxy) is 1. The highest BCUT2D eigenvalue weighted by Gasteiger charge is 2.41. The maximum atomic E-state index is 12.7. The van der Waals surface area contributed by atoms with E-state index in [1.54, 1.807) is 23.7 Å². The van der Waals surface area contributed by atoms with Gasteiger partial charge in [-0.05, 0) is 44.0 Å². The second-order valence-electron chi connectivity index (χ2n) is 7.06. The predicted octanol–water partition coefficient (Wildman–Crippen LogP) is 1.87. The predicted molar refractivity (Wildman–Crippen MR) is 102 cm³/mol. The monoisotopic (exact) mass is 383 g/mol. The molecule has 2 aliphatic heterocycles. The van der Waals surface area contributed by atoms with Crippen molar-refractivity contribution in [3.63, 3.8) is 0 Å². The third kappa shape index (κ3) is 3.03. The number of piperidine rings is 1. The highest BCUT2D eigenvalue weighted by molar-refractivity contribution is 7.14. The highest BCUT2D eigenvalue weighted by atomic mass is 32.1. The van der Waals surface area contributed by atoms with Gasteiger partial charge in [-0.15, -0.1) is 11.3 Å². The first-order chi connectivity index (χ1) is 13.2. The largest absolute Gasteiger partial charge is 0.369 e. The Balaban J connectivity index is 1.33. The quantitative estimate of drug-likeness (QED) is 0.722. The molecule has 27 heavy (non-hydrogen) atoms. The number of carbonyl (C=O) groups is 1. The molecule has 0 aliphatic carbocycles. The Labute approximate surface area is 160 Å². The standard InChI is InChI=1S/C19H21N5O2S/c25-18(22-10-14-12-24-7-6-21-11-16(24)23-14)15-9-13-1-8-26-19(17(13)27-15)2-4-20-5-3-19/h6-7,9,11-12,20H,1-5,8,10H2,(H,22,25). The van der Waals surface area contributed by atoms with Crippen LogP contribution < -0.4 is 10.6 Å². The van der Waals surface area contributed by atoms with Crippen LogP contribution in [-0.2, 0) is 23.3 Å². The molecular formula is C19H21N5O2S. The molecule has 2 aliphatic rings. The van der Waals surface area contributed by atoms with Crippen molar-refractivity contribution >= 4 is 22.9 Å². The number of hydrogen-bond donors (Lipinski definition) is 2. The highest BCUT2D eigenvalue weighted by Crippen LogP contribution is 2.44. The van der Waals surface area contributed by atoms with Gasteiger partial charge in [0.25, 0.3) is 5.91 Å². The second-order valence-corrected chi connectivity index (χ2v) is 8.12. The molecule has 140 valence electrons. The number of fused-ring (bicyclic) bond motifs is 3. The Morgan fingerprint density at radius 3 is 3.15 bits per heavy atom. The van der Waals surface area contributed by atoms with E-state index >= 15 is 0 Å². The fourth-order valence-electron chi connectivity index (χ4n) is 3.97. The van der Waals surface area contributed by atoms with Gasteiger partial charge in [0.05, 0.1) is 29.9 Å². The number of aromatic nitrogens is 3. The molecule has 2 N–H and O–H groups in total. The summed E-state index contributed by atoms with van der Waals surface area (Å²) in [6.07, 6.45) is 10.00. The zero-order valence-electron chi connectivity index (χ0n) is 14.9. The Bertz CT molecular complexity index is 956. The molecule has 0 bridgehead atoms. The molecule has 7 nitrogen and oxygen atoms in total. The van der Waals surface area contributed by atoms with E-state index in [2.05, 4.69) is 26.7 Å². The van der Waals surface area contributed by atoms with Crippen LogP contribution in [0.2, 0.25) is 0 Å². The molecule has 0 radical (unpaired) electrons. The van der Waals surface area contributed by atoms with Crippen molar-refractivity contribution in [2.24, 2.45) is 0 Å². The van der Waals surface area contributed by atoms with Crippen molar-refractivity contribution in [2.45, 2.75) is 31.4 Å². The van der Waals surface area contributed by atoms with Crippen LogP contribution >= 0.6 is 11.3 Å². The Kier molecular flexibility index (Phi) is 4.18. The van der Waals surface area contributed by atoms with Crippen molar-refractivity contribution in [3.8, 4) is 0 Å². The summed E-state index contributed by atoms with van der Waals surface area (Å²) in [5.41, 5.74) is 2.67. The molecule has 0 saturated carbocycles. The number of carbonyl (C=O) groups excluding carboxylic acids is 1. The van der Waals surface area contributed by atoms with Crippen LogP contribution in [-0.4, -0.2) is 40.0 Å². The molecule has 8 heteroatoms. The average Bonchev–Trinajstić information content (AvgIpc) is 3.32. The lowest BCUT2D eigenvalue weighted by Crippen LogP contribution is -2.43. The van der Waals surface area contributed by atoms with Crippen LogP contribution in [0, 0.1) is 0 Å². The van der Waals surface area contributed by atoms with Crippen LogP contribution in [0.3, 0.4) is 0 Å². The van der Waals surface area contributed by atoms with E-state index in [0.717, 1.165) is 55.2 Å². The van der Waals surface area contributed by atoms with E-state index in [-0.39, 0.29) is 11.5 Å². The van der Waals surface area contributed by atoms with Gasteiger partial charge in [0.1, 0.15) is 5.60 Å². The van der Waals surface area contributed by atoms with E-state index < -0.39 is 0 Å². The molecule has 5 heterocycles. The summed E-state index contributed by atoms with van der Waals surface area (Å²) < 4.78 is 8.11. The molecule has 0 atom stereocenters. The fraction of sp³-hybridized carbons (Fsp3) is 0.421. The topological polar surface area (TPSA) is 80.6 Å². The zero-order chi connectivity index (χ0) is 18.3. The lowest BCUT2D eigenvalue weighted by atomic mass is 9.86. The van der Waals surface area contributed by atoms with Crippen LogP contribution in [0.15, 0.2) is 30.9 Å². The summed E-state index contributed by atoms with van der Waals surface area (Å²) in [6, 6.07) is 2.05. The van der Waals surface area contributed by atoms with E-state index in [1.165, 1.54) is 10.4 Å². The minimum atomic E-state index is -0.198. The fourth-order valence-corrected chi connectivity index (χ4v) is 5.30. The number of amides is 1. The first-order valence-corrected chi connectivity index (χ1v) is 10.1. The van der Waals surface area contributed by atoms with E-state index in [0.29, 0.717) is 6.54 Å². The summed E-state index contributed by atoms with van der Waals surface area (Å²) in [5, 5.41) is 6.40. The molecule has 0 unspecified atom stereocenters. The van der Waals surface area contributed by atoms with Gasteiger partial charge >= 0.3 is 0 Å². The van der Waals surface area contributed by atoms with Crippen molar-refractivity contribution in [2.75, 3.05) is 19.7 Å². The van der Waals surface area contributed by atoms with Gasteiger partial charge in [-0.3, -0.25) is 9.78 Å². The first kappa shape index (κ1) is 16.9. The van der Waals surface area contributed by atoms with E-state index in [4.69, 9.17) is 4.74 Å². The lowest BCUT2D eigenvalue weighted by Gasteiger charge is -2.40. The van der Waals surface area contributed by atoms with Gasteiger partial charge < -0.3 is 19.8 Å². The molecule has 5 rings (SSSR count). The molecule has 1 fully saturated rings. The number of rotatable bonds is 3. The first-order valence-electron chi connectivity index (χ1n) is 9.27. The number of nitrogens with one attached hydrogen (secondary N) is 2. The third-order valence-corrected chi connectivity index (χ3v) is 6.71. The van der Waals surface area contributed by atoms with Gasteiger partial charge in [0.15, 0.2) is 5.65 Å². The van der Waals surface area contributed by atoms with Crippen molar-refractivity contribution in [1.29, 1.82) is 0 Å². The summed E-state index contributed by atoms with van der Waals surface area (Å²) >= 11 is 1.59. The number of nitrogens with zero attached hydrogens (tertiary/aromatic N) is 3. The molecule has 1 saturated heterocycles. The SMILES string of the molecule is O=C(NCc1cn2ccncc2n1)c1cc2c(s1)C1(CCNCC1)OCC2. The maximum Gasteiger partial charge on any atom is 0.261 e. The molecule has 3 aromatic rings. The normalized spacial score (nSPS) is 18.5. The minimum absolute atomic E-state index is 0.0475. The summed E-state index contributed by atoms with van der Waals surface area (Å²) in [4.78, 5) is 23.3. The second kappa shape index (κ2) is 6.70. The molecule has 0 aromatic carbocycles. The van der Waals surface area contributed by atoms with Crippen LogP contribution in [0.1, 0.15) is 38.6 Å². The molecular weight excluding hydrogens is 362 g/mol. The van der Waals surface area contributed by atoms with Crippen molar-refractivity contribution in [1.82, 2.24) is 25.0 Å². The Morgan fingerprint density at radius 1 is 1.41 bits per heavy atom. The van der Waals surface area contributed by atoms with Crippen molar-refractivity contribution < 1.29 is 9.53 Å². The average molecular weight is 383 g/mol. The third-order valence-electron chi connectivity index (χ3n) is 5.35. The zero-order valence-corrected chi connectivity index (χ0v) is 15.7. The Hall–Kier alpha value is -2.29. The number of imidazole rings is 1. The molecule has 3 aromatic heterocycles. The number of hydrogen-bond acceptors (Lipinski definition) is 6. The van der Waals surface area contributed by atoms with Crippen LogP contribution in [0.25, 0.3) is 5.65 Å². The summed E-state index contributed by atoms with van der Waals surface area (Å²) in [6.45, 7) is 3.05. The molecule has 1 amide bonds. The summed E-state index contributed by atoms with van der Waals surface area (Å²) in [7, 11) is 0. The lowest BCUT2D eigenvalue weighted by molar-refractivity contribution is -0.0771. The van der Waals surface area contributed by atoms with Crippen molar-refractivity contribution in [3.05, 3.63) is 51.9 Å². The van der Waals surface area contributed by atoms with Crippen LogP contribution in [0.4, 0.5) is 0 Å². The van der Waals surface area contributed by atoms with Gasteiger partial charge in [0, 0.05) is 23.5 Å². The summed E-state index contributed by atoms with van der Waals surface area (Å²) in [5.74, 6) is -0.0475. The smallest absolute Gasteiger partial charge is 0.261 e. The van der Waals surface area contributed by atoms with Gasteiger partial charge in [-0.1, -0.05) is 0 Å². The van der Waals surface area contributed by atoms with E-state index in [1.807, 2.05) is 16.8 Å². The maximum absolute atomic E-state index is 12.7. The minimum Gasteiger partial charge on any atom is -0.369 e. The molecule has 1 spiro atoms. The Morgan fingerprint density at radius 2 is 2.30 bits per heavy atom.